The maximum Gasteiger partial charge on any atom is 0.224 e. The van der Waals surface area contributed by atoms with Gasteiger partial charge in [-0.2, -0.15) is 10.2 Å². The van der Waals surface area contributed by atoms with Gasteiger partial charge in [-0.3, -0.25) is 4.79 Å². The van der Waals surface area contributed by atoms with Gasteiger partial charge in [0.25, 0.3) is 0 Å². The van der Waals surface area contributed by atoms with Crippen molar-refractivity contribution in [2.75, 3.05) is 11.6 Å². The zero-order valence-electron chi connectivity index (χ0n) is 10.8. The molecule has 0 aliphatic carbocycles. The molecule has 7 heteroatoms. The normalized spacial score (nSPS) is 16.1. The second-order valence-corrected chi connectivity index (χ2v) is 6.78. The van der Waals surface area contributed by atoms with Gasteiger partial charge in [0.1, 0.15) is 0 Å². The SMILES string of the molecule is CC1(CCC(=O)Nc2ccc(S(C)(=O)=O)cc2)N=N1. The molecule has 0 unspecified atom stereocenters. The molecular weight excluding hydrogens is 266 g/mol. The van der Waals surface area contributed by atoms with E-state index in [4.69, 9.17) is 0 Å². The molecule has 0 atom stereocenters. The van der Waals surface area contributed by atoms with Gasteiger partial charge in [-0.1, -0.05) is 0 Å². The first kappa shape index (κ1) is 13.7. The Balaban J connectivity index is 1.90. The first-order chi connectivity index (χ1) is 8.78. The monoisotopic (exact) mass is 281 g/mol. The van der Waals surface area contributed by atoms with Crippen LogP contribution in [0.4, 0.5) is 5.69 Å². The van der Waals surface area contributed by atoms with E-state index in [1.54, 1.807) is 12.1 Å². The summed E-state index contributed by atoms with van der Waals surface area (Å²) >= 11 is 0. The lowest BCUT2D eigenvalue weighted by Crippen LogP contribution is -2.15. The van der Waals surface area contributed by atoms with Crippen LogP contribution in [0.2, 0.25) is 0 Å². The zero-order chi connectivity index (χ0) is 14.1. The van der Waals surface area contributed by atoms with Crippen molar-refractivity contribution in [3.63, 3.8) is 0 Å². The summed E-state index contributed by atoms with van der Waals surface area (Å²) in [7, 11) is -3.21. The van der Waals surface area contributed by atoms with Crippen LogP contribution in [0, 0.1) is 0 Å². The second kappa shape index (κ2) is 4.73. The average molecular weight is 281 g/mol. The number of hydrogen-bond donors (Lipinski definition) is 1. The molecule has 1 aliphatic rings. The van der Waals surface area contributed by atoms with Gasteiger partial charge < -0.3 is 5.32 Å². The molecule has 1 N–H and O–H groups in total. The fraction of sp³-hybridized carbons (Fsp3) is 0.417. The Morgan fingerprint density at radius 2 is 1.84 bits per heavy atom. The highest BCUT2D eigenvalue weighted by atomic mass is 32.2. The summed E-state index contributed by atoms with van der Waals surface area (Å²) in [6, 6.07) is 6.08. The molecule has 0 saturated heterocycles. The van der Waals surface area contributed by atoms with Crippen molar-refractivity contribution >= 4 is 21.4 Å². The molecule has 102 valence electrons. The third kappa shape index (κ3) is 3.85. The van der Waals surface area contributed by atoms with E-state index in [-0.39, 0.29) is 16.5 Å². The van der Waals surface area contributed by atoms with E-state index in [9.17, 15) is 13.2 Å². The maximum atomic E-state index is 11.7. The molecule has 2 rings (SSSR count). The number of benzene rings is 1. The molecule has 6 nitrogen and oxygen atoms in total. The number of nitrogens with zero attached hydrogens (tertiary/aromatic N) is 2. The van der Waals surface area contributed by atoms with Crippen LogP contribution in [0.3, 0.4) is 0 Å². The number of hydrogen-bond acceptors (Lipinski definition) is 5. The zero-order valence-corrected chi connectivity index (χ0v) is 11.6. The van der Waals surface area contributed by atoms with Gasteiger partial charge in [-0.25, -0.2) is 8.42 Å². The summed E-state index contributed by atoms with van der Waals surface area (Å²) in [5, 5.41) is 10.4. The second-order valence-electron chi connectivity index (χ2n) is 4.76. The number of anilines is 1. The predicted octanol–water partition coefficient (Wildman–Crippen LogP) is 1.99. The summed E-state index contributed by atoms with van der Waals surface area (Å²) in [5.74, 6) is -0.134. The van der Waals surface area contributed by atoms with Crippen LogP contribution in [0.25, 0.3) is 0 Å². The number of rotatable bonds is 5. The molecule has 0 bridgehead atoms. The fourth-order valence-corrected chi connectivity index (χ4v) is 2.18. The van der Waals surface area contributed by atoms with Crippen molar-refractivity contribution in [2.45, 2.75) is 30.3 Å². The minimum atomic E-state index is -3.21. The van der Waals surface area contributed by atoms with Crippen molar-refractivity contribution in [3.8, 4) is 0 Å². The van der Waals surface area contributed by atoms with Crippen LogP contribution in [0.15, 0.2) is 39.4 Å². The van der Waals surface area contributed by atoms with Crippen LogP contribution in [-0.4, -0.2) is 26.2 Å². The third-order valence-electron chi connectivity index (χ3n) is 2.83. The Morgan fingerprint density at radius 1 is 1.26 bits per heavy atom. The Kier molecular flexibility index (Phi) is 3.40. The van der Waals surface area contributed by atoms with E-state index in [0.717, 1.165) is 6.26 Å². The maximum absolute atomic E-state index is 11.7. The highest BCUT2D eigenvalue weighted by molar-refractivity contribution is 7.90. The van der Waals surface area contributed by atoms with Gasteiger partial charge >= 0.3 is 0 Å². The molecular formula is C12H15N3O3S. The van der Waals surface area contributed by atoms with Crippen LogP contribution in [-0.2, 0) is 14.6 Å². The number of carbonyl (C=O) groups is 1. The summed E-state index contributed by atoms with van der Waals surface area (Å²) in [6.45, 7) is 1.86. The Bertz CT molecular complexity index is 614. The highest BCUT2D eigenvalue weighted by Crippen LogP contribution is 2.31. The molecule has 1 amide bonds. The largest absolute Gasteiger partial charge is 0.326 e. The number of amides is 1. The lowest BCUT2D eigenvalue weighted by Gasteiger charge is -2.07. The van der Waals surface area contributed by atoms with Crippen LogP contribution >= 0.6 is 0 Å². The van der Waals surface area contributed by atoms with Crippen LogP contribution < -0.4 is 5.32 Å². The van der Waals surface area contributed by atoms with E-state index >= 15 is 0 Å². The van der Waals surface area contributed by atoms with Gasteiger partial charge in [-0.05, 0) is 31.2 Å². The van der Waals surface area contributed by atoms with Crippen molar-refractivity contribution in [3.05, 3.63) is 24.3 Å². The number of nitrogens with one attached hydrogen (secondary N) is 1. The molecule has 1 aromatic carbocycles. The van der Waals surface area contributed by atoms with Gasteiger partial charge in [0.05, 0.1) is 4.90 Å². The smallest absolute Gasteiger partial charge is 0.224 e. The van der Waals surface area contributed by atoms with Crippen LogP contribution in [0.1, 0.15) is 19.8 Å². The summed E-state index contributed by atoms with van der Waals surface area (Å²) in [4.78, 5) is 11.9. The molecule has 19 heavy (non-hydrogen) atoms. The van der Waals surface area contributed by atoms with E-state index in [2.05, 4.69) is 15.5 Å². The van der Waals surface area contributed by atoms with Gasteiger partial charge in [-0.15, -0.1) is 0 Å². The lowest BCUT2D eigenvalue weighted by atomic mass is 10.1. The van der Waals surface area contributed by atoms with Crippen molar-refractivity contribution in [1.29, 1.82) is 0 Å². The molecule has 1 heterocycles. The minimum Gasteiger partial charge on any atom is -0.326 e. The lowest BCUT2D eigenvalue weighted by molar-refractivity contribution is -0.116. The first-order valence-electron chi connectivity index (χ1n) is 5.83. The summed E-state index contributed by atoms with van der Waals surface area (Å²) in [6.07, 6.45) is 2.06. The number of carbonyl (C=O) groups excluding carboxylic acids is 1. The minimum absolute atomic E-state index is 0.134. The molecule has 1 aliphatic heterocycles. The topological polar surface area (TPSA) is 88.0 Å². The van der Waals surface area contributed by atoms with Gasteiger partial charge in [0.15, 0.2) is 15.5 Å². The van der Waals surface area contributed by atoms with E-state index in [0.29, 0.717) is 18.5 Å². The summed E-state index contributed by atoms with van der Waals surface area (Å²) < 4.78 is 22.6. The van der Waals surface area contributed by atoms with Crippen molar-refractivity contribution in [1.82, 2.24) is 0 Å². The third-order valence-corrected chi connectivity index (χ3v) is 3.96. The average Bonchev–Trinajstić information content (AvgIpc) is 3.05. The van der Waals surface area contributed by atoms with Gasteiger partial charge in [0.2, 0.25) is 5.91 Å². The fourth-order valence-electron chi connectivity index (χ4n) is 1.54. The standard InChI is InChI=1S/C12H15N3O3S/c1-12(14-15-12)8-7-11(16)13-9-3-5-10(6-4-9)19(2,17)18/h3-6H,7-8H2,1-2H3,(H,13,16). The molecule has 0 aromatic heterocycles. The van der Waals surface area contributed by atoms with E-state index < -0.39 is 9.84 Å². The Morgan fingerprint density at radius 3 is 2.32 bits per heavy atom. The van der Waals surface area contributed by atoms with E-state index in [1.807, 2.05) is 6.92 Å². The van der Waals surface area contributed by atoms with Crippen molar-refractivity contribution in [2.24, 2.45) is 10.2 Å². The van der Waals surface area contributed by atoms with Crippen molar-refractivity contribution < 1.29 is 13.2 Å². The molecule has 0 spiro atoms. The molecule has 0 radical (unpaired) electrons. The quantitative estimate of drug-likeness (QED) is 0.895. The van der Waals surface area contributed by atoms with E-state index in [1.165, 1.54) is 12.1 Å². The Hall–Kier alpha value is -1.76. The van der Waals surface area contributed by atoms with Gasteiger partial charge in [0, 0.05) is 24.8 Å². The predicted molar refractivity (Wildman–Crippen MR) is 70.7 cm³/mol. The molecule has 0 saturated carbocycles. The number of sulfone groups is 1. The molecule has 1 aromatic rings. The molecule has 0 fully saturated rings. The van der Waals surface area contributed by atoms with Crippen LogP contribution in [0.5, 0.6) is 0 Å². The summed E-state index contributed by atoms with van der Waals surface area (Å²) in [5.41, 5.74) is 0.199. The Labute approximate surface area is 111 Å². The first-order valence-corrected chi connectivity index (χ1v) is 7.72. The highest BCUT2D eigenvalue weighted by Gasteiger charge is 2.33.